The fourth-order valence-corrected chi connectivity index (χ4v) is 1.29. The Morgan fingerprint density at radius 3 is 2.67 bits per heavy atom. The van der Waals surface area contributed by atoms with Crippen LogP contribution in [0, 0.1) is 0 Å². The lowest BCUT2D eigenvalue weighted by Crippen LogP contribution is -2.17. The topological polar surface area (TPSA) is 20.3 Å². The van der Waals surface area contributed by atoms with Gasteiger partial charge in [0.2, 0.25) is 5.91 Å². The summed E-state index contributed by atoms with van der Waals surface area (Å²) in [5.41, 5.74) is 1.02. The van der Waals surface area contributed by atoms with Crippen LogP contribution in [0.25, 0.3) is 6.08 Å². The van der Waals surface area contributed by atoms with Crippen LogP contribution in [0.2, 0.25) is 0 Å². The van der Waals surface area contributed by atoms with Gasteiger partial charge in [0.1, 0.15) is 0 Å². The Labute approximate surface area is 92.5 Å². The van der Waals surface area contributed by atoms with Gasteiger partial charge in [0.05, 0.1) is 0 Å². The summed E-state index contributed by atoms with van der Waals surface area (Å²) >= 11 is 0. The second kappa shape index (κ2) is 6.15. The Morgan fingerprint density at radius 2 is 2.07 bits per heavy atom. The van der Waals surface area contributed by atoms with Crippen LogP contribution in [-0.4, -0.2) is 17.1 Å². The molecule has 1 unspecified atom stereocenters. The van der Waals surface area contributed by atoms with Crippen molar-refractivity contribution >= 4 is 21.4 Å². The highest BCUT2D eigenvalue weighted by molar-refractivity contribution is 7.14. The molecule has 1 rings (SSSR count). The summed E-state index contributed by atoms with van der Waals surface area (Å²) < 4.78 is 1.52. The molecule has 0 saturated heterocycles. The Kier molecular flexibility index (Phi) is 4.79. The number of carbonyl (C=O) groups is 1. The second-order valence-corrected chi connectivity index (χ2v) is 3.65. The van der Waals surface area contributed by atoms with Crippen molar-refractivity contribution in [3.8, 4) is 0 Å². The van der Waals surface area contributed by atoms with E-state index < -0.39 is 0 Å². The number of hydrogen-bond acceptors (Lipinski definition) is 1. The van der Waals surface area contributed by atoms with Gasteiger partial charge in [-0.1, -0.05) is 36.4 Å². The molecule has 0 saturated carbocycles. The number of hydrogen-bond donors (Lipinski definition) is 0. The van der Waals surface area contributed by atoms with E-state index in [1.807, 2.05) is 30.3 Å². The fraction of sp³-hybridized carbons (Fsp3) is 0.0833. The zero-order valence-electron chi connectivity index (χ0n) is 8.47. The van der Waals surface area contributed by atoms with Crippen LogP contribution in [0.3, 0.4) is 0 Å². The van der Waals surface area contributed by atoms with E-state index in [-0.39, 0.29) is 5.91 Å². The highest BCUT2D eigenvalue weighted by atomic mass is 31.0. The summed E-state index contributed by atoms with van der Waals surface area (Å²) in [6, 6.07) is 9.71. The third-order valence-corrected chi connectivity index (χ3v) is 2.29. The largest absolute Gasteiger partial charge is 0.320 e. The maximum absolute atomic E-state index is 11.5. The van der Waals surface area contributed by atoms with E-state index in [0.29, 0.717) is 6.54 Å². The Bertz CT molecular complexity index is 359. The summed E-state index contributed by atoms with van der Waals surface area (Å²) in [6.07, 6.45) is 5.02. The molecule has 0 bridgehead atoms. The minimum Gasteiger partial charge on any atom is -0.320 e. The Balaban J connectivity index is 2.58. The maximum atomic E-state index is 11.5. The summed E-state index contributed by atoms with van der Waals surface area (Å²) in [7, 11) is 2.37. The zero-order chi connectivity index (χ0) is 11.1. The molecule has 0 aliphatic rings. The van der Waals surface area contributed by atoms with Crippen molar-refractivity contribution in [2.45, 2.75) is 0 Å². The van der Waals surface area contributed by atoms with Gasteiger partial charge >= 0.3 is 0 Å². The molecule has 3 heteroatoms. The quantitative estimate of drug-likeness (QED) is 0.433. The van der Waals surface area contributed by atoms with E-state index in [2.05, 4.69) is 16.0 Å². The predicted octanol–water partition coefficient (Wildman–Crippen LogP) is 2.50. The summed E-state index contributed by atoms with van der Waals surface area (Å²) in [6.45, 7) is 4.10. The third-order valence-electron chi connectivity index (χ3n) is 1.83. The van der Waals surface area contributed by atoms with Crippen molar-refractivity contribution in [3.63, 3.8) is 0 Å². The SMILES string of the molecule is C=CCN(P)C(=O)/C=C/c1ccccc1. The van der Waals surface area contributed by atoms with Crippen molar-refractivity contribution in [1.29, 1.82) is 0 Å². The molecule has 1 amide bonds. The molecular weight excluding hydrogens is 205 g/mol. The van der Waals surface area contributed by atoms with E-state index >= 15 is 0 Å². The molecule has 1 aromatic carbocycles. The van der Waals surface area contributed by atoms with Gasteiger partial charge in [-0.3, -0.25) is 4.79 Å². The van der Waals surface area contributed by atoms with Gasteiger partial charge in [-0.05, 0) is 21.0 Å². The molecule has 0 aliphatic carbocycles. The molecule has 0 spiro atoms. The van der Waals surface area contributed by atoms with Crippen LogP contribution < -0.4 is 0 Å². The molecule has 0 N–H and O–H groups in total. The normalized spacial score (nSPS) is 10.2. The Hall–Kier alpha value is -1.40. The van der Waals surface area contributed by atoms with E-state index in [4.69, 9.17) is 0 Å². The zero-order valence-corrected chi connectivity index (χ0v) is 9.62. The predicted molar refractivity (Wildman–Crippen MR) is 67.1 cm³/mol. The molecule has 0 radical (unpaired) electrons. The van der Waals surface area contributed by atoms with Crippen LogP contribution >= 0.6 is 9.39 Å². The first-order chi connectivity index (χ1) is 7.24. The van der Waals surface area contributed by atoms with E-state index in [9.17, 15) is 4.79 Å². The average Bonchev–Trinajstić information content (AvgIpc) is 2.27. The highest BCUT2D eigenvalue weighted by Gasteiger charge is 2.00. The van der Waals surface area contributed by atoms with Crippen LogP contribution in [0.4, 0.5) is 0 Å². The number of nitrogens with zero attached hydrogens (tertiary/aromatic N) is 1. The van der Waals surface area contributed by atoms with Crippen molar-refractivity contribution in [2.75, 3.05) is 6.54 Å². The molecule has 1 atom stereocenters. The van der Waals surface area contributed by atoms with E-state index in [1.165, 1.54) is 4.67 Å². The smallest absolute Gasteiger partial charge is 0.249 e. The first kappa shape index (κ1) is 11.7. The van der Waals surface area contributed by atoms with Gasteiger partial charge in [-0.15, -0.1) is 6.58 Å². The van der Waals surface area contributed by atoms with Gasteiger partial charge in [-0.25, -0.2) is 0 Å². The molecule has 15 heavy (non-hydrogen) atoms. The lowest BCUT2D eigenvalue weighted by molar-refractivity contribution is -0.120. The monoisotopic (exact) mass is 219 g/mol. The van der Waals surface area contributed by atoms with Gasteiger partial charge in [0.15, 0.2) is 0 Å². The number of rotatable bonds is 4. The molecule has 2 nitrogen and oxygen atoms in total. The highest BCUT2D eigenvalue weighted by Crippen LogP contribution is 2.04. The Morgan fingerprint density at radius 1 is 1.40 bits per heavy atom. The van der Waals surface area contributed by atoms with Crippen molar-refractivity contribution in [3.05, 3.63) is 54.6 Å². The molecule has 0 aromatic heterocycles. The first-order valence-electron chi connectivity index (χ1n) is 4.64. The van der Waals surface area contributed by atoms with Gasteiger partial charge in [0, 0.05) is 12.6 Å². The van der Waals surface area contributed by atoms with Crippen LogP contribution in [-0.2, 0) is 4.79 Å². The van der Waals surface area contributed by atoms with Gasteiger partial charge in [0.25, 0.3) is 0 Å². The average molecular weight is 219 g/mol. The number of amides is 1. The lowest BCUT2D eigenvalue weighted by Gasteiger charge is -2.10. The number of carbonyl (C=O) groups excluding carboxylic acids is 1. The fourth-order valence-electron chi connectivity index (χ4n) is 1.06. The van der Waals surface area contributed by atoms with Crippen molar-refractivity contribution in [1.82, 2.24) is 4.67 Å². The van der Waals surface area contributed by atoms with Gasteiger partial charge < -0.3 is 4.67 Å². The van der Waals surface area contributed by atoms with E-state index in [1.54, 1.807) is 18.2 Å². The van der Waals surface area contributed by atoms with Crippen molar-refractivity contribution in [2.24, 2.45) is 0 Å². The molecular formula is C12H14NOP. The van der Waals surface area contributed by atoms with Crippen LogP contribution in [0.15, 0.2) is 49.1 Å². The molecule has 0 heterocycles. The lowest BCUT2D eigenvalue weighted by atomic mass is 10.2. The first-order valence-corrected chi connectivity index (χ1v) is 5.16. The second-order valence-electron chi connectivity index (χ2n) is 3.02. The minimum absolute atomic E-state index is 0.0521. The summed E-state index contributed by atoms with van der Waals surface area (Å²) in [5.74, 6) is -0.0521. The standard InChI is InChI=1S/C12H14NOP/c1-2-10-13(15)12(14)9-8-11-6-4-3-5-7-11/h2-9H,1,10,15H2/b9-8+. The number of benzene rings is 1. The minimum atomic E-state index is -0.0521. The molecule has 0 fully saturated rings. The molecule has 78 valence electrons. The summed E-state index contributed by atoms with van der Waals surface area (Å²) in [4.78, 5) is 11.5. The van der Waals surface area contributed by atoms with E-state index in [0.717, 1.165) is 5.56 Å². The van der Waals surface area contributed by atoms with Gasteiger partial charge in [-0.2, -0.15) is 0 Å². The molecule has 0 aliphatic heterocycles. The van der Waals surface area contributed by atoms with Crippen molar-refractivity contribution < 1.29 is 4.79 Å². The maximum Gasteiger partial charge on any atom is 0.249 e. The molecule has 1 aromatic rings. The van der Waals surface area contributed by atoms with Crippen LogP contribution in [0.1, 0.15) is 5.56 Å². The third kappa shape index (κ3) is 4.09. The summed E-state index contributed by atoms with van der Waals surface area (Å²) in [5, 5.41) is 0. The van der Waals surface area contributed by atoms with Crippen LogP contribution in [0.5, 0.6) is 0 Å².